The molecule has 2 rings (SSSR count). The lowest BCUT2D eigenvalue weighted by atomic mass is 9.97. The quantitative estimate of drug-likeness (QED) is 0.441. The topological polar surface area (TPSA) is 82.1 Å². The average molecular weight is 383 g/mol. The largest absolute Gasteiger partial charge is 0.465 e. The summed E-state index contributed by atoms with van der Waals surface area (Å²) in [6, 6.07) is 1.46. The lowest BCUT2D eigenvalue weighted by molar-refractivity contribution is -0.0235. The van der Waals surface area contributed by atoms with Gasteiger partial charge in [0.2, 0.25) is 0 Å². The van der Waals surface area contributed by atoms with Gasteiger partial charge in [-0.1, -0.05) is 6.58 Å². The Bertz CT molecular complexity index is 756. The molecule has 0 aliphatic carbocycles. The van der Waals surface area contributed by atoms with E-state index in [0.29, 0.717) is 6.54 Å². The van der Waals surface area contributed by atoms with Crippen molar-refractivity contribution in [3.05, 3.63) is 47.0 Å². The fourth-order valence-electron chi connectivity index (χ4n) is 2.71. The van der Waals surface area contributed by atoms with E-state index in [1.165, 1.54) is 12.0 Å². The summed E-state index contributed by atoms with van der Waals surface area (Å²) in [6.45, 7) is 4.31. The lowest BCUT2D eigenvalue weighted by Gasteiger charge is -2.32. The van der Waals surface area contributed by atoms with Gasteiger partial charge in [-0.05, 0) is 17.7 Å². The van der Waals surface area contributed by atoms with Crippen LogP contribution in [-0.2, 0) is 14.2 Å². The molecule has 0 N–H and O–H groups in total. The maximum Gasteiger partial charge on any atom is 0.409 e. The highest BCUT2D eigenvalue weighted by Crippen LogP contribution is 2.22. The van der Waals surface area contributed by atoms with Crippen molar-refractivity contribution >= 4 is 17.8 Å². The Labute approximate surface area is 154 Å². The van der Waals surface area contributed by atoms with Crippen LogP contribution in [0.2, 0.25) is 0 Å². The highest BCUT2D eigenvalue weighted by molar-refractivity contribution is 6.09. The van der Waals surface area contributed by atoms with Crippen molar-refractivity contribution in [3.63, 3.8) is 0 Å². The van der Waals surface area contributed by atoms with Crippen molar-refractivity contribution in [2.75, 3.05) is 33.9 Å². The van der Waals surface area contributed by atoms with Crippen LogP contribution in [0.25, 0.3) is 0 Å². The number of ketones is 1. The van der Waals surface area contributed by atoms with E-state index in [1.54, 1.807) is 0 Å². The first kappa shape index (κ1) is 20.5. The van der Waals surface area contributed by atoms with Crippen LogP contribution in [-0.4, -0.2) is 62.8 Å². The number of Topliss-reactive ketones (excluding diaryl/α,β-unsaturated/α-hetero) is 1. The SMILES string of the molecule is C=C(C[C@H]1CN(C(=O)OC)CCO1)C(=O)c1c(F)cc(C(=O)OC)cc1F. The number of methoxy groups -OCH3 is 2. The highest BCUT2D eigenvalue weighted by Gasteiger charge is 2.28. The number of nitrogens with zero attached hydrogens (tertiary/aromatic N) is 1. The summed E-state index contributed by atoms with van der Waals surface area (Å²) in [5.41, 5.74) is -1.25. The second kappa shape index (κ2) is 8.72. The third-order valence-electron chi connectivity index (χ3n) is 4.06. The number of carbonyl (C=O) groups excluding carboxylic acids is 3. The van der Waals surface area contributed by atoms with Crippen LogP contribution < -0.4 is 0 Å². The van der Waals surface area contributed by atoms with Crippen LogP contribution in [0.1, 0.15) is 27.1 Å². The summed E-state index contributed by atoms with van der Waals surface area (Å²) in [5.74, 6) is -4.26. The molecule has 1 aromatic rings. The zero-order valence-electron chi connectivity index (χ0n) is 14.9. The molecule has 1 aliphatic heterocycles. The number of benzene rings is 1. The third kappa shape index (κ3) is 4.68. The fraction of sp³-hybridized carbons (Fsp3) is 0.389. The van der Waals surface area contributed by atoms with Crippen molar-refractivity contribution in [2.24, 2.45) is 0 Å². The monoisotopic (exact) mass is 383 g/mol. The Morgan fingerprint density at radius 3 is 2.41 bits per heavy atom. The van der Waals surface area contributed by atoms with Crippen LogP contribution in [0.15, 0.2) is 24.3 Å². The number of halogens is 2. The van der Waals surface area contributed by atoms with Gasteiger partial charge in [-0.3, -0.25) is 4.79 Å². The standard InChI is InChI=1S/C18H19F2NO6/c1-10(6-12-9-21(4-5-27-12)18(24)26-3)16(22)15-13(19)7-11(8-14(15)20)17(23)25-2/h7-8,12H,1,4-6,9H2,2-3H3/t12-/m0/s1. The van der Waals surface area contributed by atoms with Gasteiger partial charge in [0, 0.05) is 13.0 Å². The zero-order chi connectivity index (χ0) is 20.1. The maximum atomic E-state index is 14.2. The number of hydrogen-bond donors (Lipinski definition) is 0. The summed E-state index contributed by atoms with van der Waals surface area (Å²) >= 11 is 0. The molecule has 1 heterocycles. The molecule has 0 aromatic heterocycles. The summed E-state index contributed by atoms with van der Waals surface area (Å²) in [4.78, 5) is 36.8. The third-order valence-corrected chi connectivity index (χ3v) is 4.06. The van der Waals surface area contributed by atoms with E-state index in [9.17, 15) is 23.2 Å². The lowest BCUT2D eigenvalue weighted by Crippen LogP contribution is -2.45. The molecule has 1 fully saturated rings. The molecule has 0 radical (unpaired) electrons. The predicted octanol–water partition coefficient (Wildman–Crippen LogP) is 2.35. The molecule has 0 bridgehead atoms. The van der Waals surface area contributed by atoms with E-state index < -0.39 is 41.1 Å². The van der Waals surface area contributed by atoms with Crippen molar-refractivity contribution in [1.82, 2.24) is 4.90 Å². The Morgan fingerprint density at radius 1 is 1.22 bits per heavy atom. The minimum absolute atomic E-state index is 0.0238. The van der Waals surface area contributed by atoms with E-state index >= 15 is 0 Å². The van der Waals surface area contributed by atoms with Crippen LogP contribution in [0.3, 0.4) is 0 Å². The second-order valence-corrected chi connectivity index (χ2v) is 5.85. The molecule has 27 heavy (non-hydrogen) atoms. The molecule has 1 amide bonds. The Morgan fingerprint density at radius 2 is 1.85 bits per heavy atom. The van der Waals surface area contributed by atoms with Crippen LogP contribution >= 0.6 is 0 Å². The first-order chi connectivity index (χ1) is 12.8. The summed E-state index contributed by atoms with van der Waals surface area (Å²) < 4.78 is 42.9. The smallest absolute Gasteiger partial charge is 0.409 e. The molecule has 1 atom stereocenters. The van der Waals surface area contributed by atoms with Gasteiger partial charge in [0.15, 0.2) is 5.78 Å². The number of rotatable bonds is 5. The van der Waals surface area contributed by atoms with Crippen molar-refractivity contribution < 1.29 is 37.4 Å². The van der Waals surface area contributed by atoms with Gasteiger partial charge in [-0.25, -0.2) is 18.4 Å². The first-order valence-electron chi connectivity index (χ1n) is 8.02. The van der Waals surface area contributed by atoms with Gasteiger partial charge in [-0.2, -0.15) is 0 Å². The number of ether oxygens (including phenoxy) is 3. The van der Waals surface area contributed by atoms with E-state index in [0.717, 1.165) is 19.2 Å². The van der Waals surface area contributed by atoms with E-state index in [2.05, 4.69) is 16.1 Å². The number of hydrogen-bond acceptors (Lipinski definition) is 6. The minimum Gasteiger partial charge on any atom is -0.465 e. The normalized spacial score (nSPS) is 16.6. The van der Waals surface area contributed by atoms with Crippen LogP contribution in [0.4, 0.5) is 13.6 Å². The van der Waals surface area contributed by atoms with Crippen molar-refractivity contribution in [3.8, 4) is 0 Å². The van der Waals surface area contributed by atoms with Crippen molar-refractivity contribution in [1.29, 1.82) is 0 Å². The molecule has 0 spiro atoms. The molecule has 0 saturated carbocycles. The number of morpholine rings is 1. The Kier molecular flexibility index (Phi) is 6.62. The number of amides is 1. The summed E-state index contributed by atoms with van der Waals surface area (Å²) in [6.07, 6.45) is -1.12. The van der Waals surface area contributed by atoms with Gasteiger partial charge < -0.3 is 19.1 Å². The van der Waals surface area contributed by atoms with Gasteiger partial charge >= 0.3 is 12.1 Å². The van der Waals surface area contributed by atoms with Gasteiger partial charge in [-0.15, -0.1) is 0 Å². The molecule has 7 nitrogen and oxygen atoms in total. The number of carbonyl (C=O) groups is 3. The average Bonchev–Trinajstić information content (AvgIpc) is 2.66. The molecule has 1 saturated heterocycles. The van der Waals surface area contributed by atoms with Crippen LogP contribution in [0.5, 0.6) is 0 Å². The van der Waals surface area contributed by atoms with Gasteiger partial charge in [0.1, 0.15) is 11.6 Å². The molecule has 1 aromatic carbocycles. The van der Waals surface area contributed by atoms with E-state index in [-0.39, 0.29) is 30.7 Å². The molecule has 0 unspecified atom stereocenters. The zero-order valence-corrected chi connectivity index (χ0v) is 14.9. The number of esters is 1. The summed E-state index contributed by atoms with van der Waals surface area (Å²) in [5, 5.41) is 0. The molecular formula is C18H19F2NO6. The maximum absolute atomic E-state index is 14.2. The Balaban J connectivity index is 2.12. The second-order valence-electron chi connectivity index (χ2n) is 5.85. The highest BCUT2D eigenvalue weighted by atomic mass is 19.1. The van der Waals surface area contributed by atoms with Crippen molar-refractivity contribution in [2.45, 2.75) is 12.5 Å². The predicted molar refractivity (Wildman–Crippen MR) is 89.5 cm³/mol. The van der Waals surface area contributed by atoms with E-state index in [4.69, 9.17) is 4.74 Å². The molecule has 146 valence electrons. The van der Waals surface area contributed by atoms with Gasteiger partial charge in [0.05, 0.1) is 44.6 Å². The van der Waals surface area contributed by atoms with E-state index in [1.807, 2.05) is 0 Å². The minimum atomic E-state index is -1.19. The summed E-state index contributed by atoms with van der Waals surface area (Å²) in [7, 11) is 2.32. The van der Waals surface area contributed by atoms with Crippen LogP contribution in [0, 0.1) is 11.6 Å². The fourth-order valence-corrected chi connectivity index (χ4v) is 2.71. The Hall–Kier alpha value is -2.81. The first-order valence-corrected chi connectivity index (χ1v) is 8.02. The molecule has 9 heteroatoms. The molecular weight excluding hydrogens is 364 g/mol. The van der Waals surface area contributed by atoms with Gasteiger partial charge in [0.25, 0.3) is 0 Å². The molecule has 1 aliphatic rings.